The first kappa shape index (κ1) is 16.4. The van der Waals surface area contributed by atoms with Gasteiger partial charge in [0.05, 0.1) is 5.56 Å². The molecule has 24 heavy (non-hydrogen) atoms. The Bertz CT molecular complexity index is 719. The smallest absolute Gasteiger partial charge is 0.256 e. The molecule has 1 aliphatic heterocycles. The Kier molecular flexibility index (Phi) is 4.79. The van der Waals surface area contributed by atoms with Gasteiger partial charge < -0.3 is 10.2 Å². The second kappa shape index (κ2) is 6.99. The predicted molar refractivity (Wildman–Crippen MR) is 95.5 cm³/mol. The highest BCUT2D eigenvalue weighted by molar-refractivity contribution is 5.93. The average molecular weight is 324 g/mol. The number of likely N-dealkylation sites (tertiary alicyclic amines) is 1. The minimum Gasteiger partial charge on any atom is -0.339 e. The maximum atomic E-state index is 12.5. The Morgan fingerprint density at radius 3 is 2.42 bits per heavy atom. The Hall–Kier alpha value is -2.43. The quantitative estimate of drug-likeness (QED) is 0.935. The molecule has 1 N–H and O–H groups in total. The van der Waals surface area contributed by atoms with Gasteiger partial charge in [-0.05, 0) is 55.9 Å². The molecule has 0 unspecified atom stereocenters. The molecule has 2 heterocycles. The van der Waals surface area contributed by atoms with Gasteiger partial charge in [-0.3, -0.25) is 4.79 Å². The molecule has 1 aromatic heterocycles. The summed E-state index contributed by atoms with van der Waals surface area (Å²) in [7, 11) is 0. The minimum absolute atomic E-state index is 0.0274. The van der Waals surface area contributed by atoms with Crippen LogP contribution in [0.25, 0.3) is 0 Å². The number of aryl methyl sites for hydroxylation is 2. The molecule has 0 saturated carbocycles. The SMILES string of the molecule is Cc1ccc(Nc2ncc(C(=O)N3CCC(C)CC3)cn2)cc1C. The molecule has 1 aliphatic rings. The summed E-state index contributed by atoms with van der Waals surface area (Å²) in [5.74, 6) is 1.23. The van der Waals surface area contributed by atoms with Gasteiger partial charge >= 0.3 is 0 Å². The van der Waals surface area contributed by atoms with E-state index in [0.29, 0.717) is 17.4 Å². The van der Waals surface area contributed by atoms with Crippen LogP contribution < -0.4 is 5.32 Å². The summed E-state index contributed by atoms with van der Waals surface area (Å²) in [6.07, 6.45) is 5.35. The molecule has 0 aliphatic carbocycles. The van der Waals surface area contributed by atoms with E-state index >= 15 is 0 Å². The minimum atomic E-state index is 0.0274. The second-order valence-corrected chi connectivity index (χ2v) is 6.69. The molecule has 1 amide bonds. The number of hydrogen-bond donors (Lipinski definition) is 1. The number of piperidine rings is 1. The largest absolute Gasteiger partial charge is 0.339 e. The van der Waals surface area contributed by atoms with Crippen LogP contribution in [0.5, 0.6) is 0 Å². The van der Waals surface area contributed by atoms with E-state index in [1.807, 2.05) is 11.0 Å². The van der Waals surface area contributed by atoms with Crippen LogP contribution in [-0.4, -0.2) is 33.9 Å². The summed E-state index contributed by atoms with van der Waals surface area (Å²) >= 11 is 0. The van der Waals surface area contributed by atoms with Crippen molar-refractivity contribution in [3.8, 4) is 0 Å². The van der Waals surface area contributed by atoms with E-state index in [1.165, 1.54) is 11.1 Å². The van der Waals surface area contributed by atoms with E-state index in [0.717, 1.165) is 31.6 Å². The van der Waals surface area contributed by atoms with Crippen LogP contribution >= 0.6 is 0 Å². The van der Waals surface area contributed by atoms with E-state index in [2.05, 4.69) is 48.2 Å². The molecule has 5 nitrogen and oxygen atoms in total. The summed E-state index contributed by atoms with van der Waals surface area (Å²) in [4.78, 5) is 23.0. The zero-order chi connectivity index (χ0) is 17.1. The zero-order valence-electron chi connectivity index (χ0n) is 14.5. The van der Waals surface area contributed by atoms with Crippen LogP contribution in [0.15, 0.2) is 30.6 Å². The van der Waals surface area contributed by atoms with Crippen molar-refractivity contribution in [2.24, 2.45) is 5.92 Å². The average Bonchev–Trinajstić information content (AvgIpc) is 2.59. The molecule has 5 heteroatoms. The Labute approximate surface area is 143 Å². The number of nitrogens with one attached hydrogen (secondary N) is 1. The number of hydrogen-bond acceptors (Lipinski definition) is 4. The first-order chi connectivity index (χ1) is 11.5. The Morgan fingerprint density at radius 2 is 1.79 bits per heavy atom. The number of carbonyl (C=O) groups is 1. The first-order valence-corrected chi connectivity index (χ1v) is 8.48. The van der Waals surface area contributed by atoms with E-state index in [4.69, 9.17) is 0 Å². The van der Waals surface area contributed by atoms with Gasteiger partial charge in [-0.2, -0.15) is 0 Å². The molecular formula is C19H24N4O. The van der Waals surface area contributed by atoms with Crippen LogP contribution in [0.4, 0.5) is 11.6 Å². The summed E-state index contributed by atoms with van der Waals surface area (Å²) in [5.41, 5.74) is 3.96. The number of rotatable bonds is 3. The third-order valence-electron chi connectivity index (χ3n) is 4.73. The van der Waals surface area contributed by atoms with Gasteiger partial charge in [0.2, 0.25) is 5.95 Å². The van der Waals surface area contributed by atoms with Crippen molar-refractivity contribution >= 4 is 17.5 Å². The predicted octanol–water partition coefficient (Wildman–Crippen LogP) is 3.71. The summed E-state index contributed by atoms with van der Waals surface area (Å²) in [6, 6.07) is 6.12. The first-order valence-electron chi connectivity index (χ1n) is 8.48. The van der Waals surface area contributed by atoms with Crippen LogP contribution in [0.2, 0.25) is 0 Å². The van der Waals surface area contributed by atoms with Crippen molar-refractivity contribution in [2.45, 2.75) is 33.6 Å². The lowest BCUT2D eigenvalue weighted by molar-refractivity contribution is 0.0696. The van der Waals surface area contributed by atoms with Crippen molar-refractivity contribution in [1.82, 2.24) is 14.9 Å². The molecule has 3 rings (SSSR count). The topological polar surface area (TPSA) is 58.1 Å². The van der Waals surface area contributed by atoms with Crippen molar-refractivity contribution in [1.29, 1.82) is 0 Å². The van der Waals surface area contributed by atoms with E-state index < -0.39 is 0 Å². The Morgan fingerprint density at radius 1 is 1.12 bits per heavy atom. The molecule has 1 fully saturated rings. The zero-order valence-corrected chi connectivity index (χ0v) is 14.5. The van der Waals surface area contributed by atoms with Gasteiger partial charge in [0.15, 0.2) is 0 Å². The van der Waals surface area contributed by atoms with Crippen LogP contribution in [0, 0.1) is 19.8 Å². The van der Waals surface area contributed by atoms with Gasteiger partial charge in [-0.15, -0.1) is 0 Å². The lowest BCUT2D eigenvalue weighted by atomic mass is 9.99. The van der Waals surface area contributed by atoms with E-state index in [1.54, 1.807) is 12.4 Å². The van der Waals surface area contributed by atoms with Gasteiger partial charge in [0, 0.05) is 31.2 Å². The van der Waals surface area contributed by atoms with Crippen molar-refractivity contribution in [3.63, 3.8) is 0 Å². The van der Waals surface area contributed by atoms with E-state index in [-0.39, 0.29) is 5.91 Å². The highest BCUT2D eigenvalue weighted by Crippen LogP contribution is 2.19. The van der Waals surface area contributed by atoms with Crippen molar-refractivity contribution in [2.75, 3.05) is 18.4 Å². The van der Waals surface area contributed by atoms with Gasteiger partial charge in [-0.25, -0.2) is 9.97 Å². The number of anilines is 2. The lowest BCUT2D eigenvalue weighted by Crippen LogP contribution is -2.38. The monoisotopic (exact) mass is 324 g/mol. The van der Waals surface area contributed by atoms with Crippen molar-refractivity contribution in [3.05, 3.63) is 47.3 Å². The number of benzene rings is 1. The maximum Gasteiger partial charge on any atom is 0.256 e. The summed E-state index contributed by atoms with van der Waals surface area (Å²) < 4.78 is 0. The highest BCUT2D eigenvalue weighted by Gasteiger charge is 2.21. The van der Waals surface area contributed by atoms with Gasteiger partial charge in [0.1, 0.15) is 0 Å². The van der Waals surface area contributed by atoms with Gasteiger partial charge in [-0.1, -0.05) is 13.0 Å². The van der Waals surface area contributed by atoms with Crippen LogP contribution in [0.3, 0.4) is 0 Å². The summed E-state index contributed by atoms with van der Waals surface area (Å²) in [6.45, 7) is 8.03. The molecule has 1 saturated heterocycles. The number of carbonyl (C=O) groups excluding carboxylic acids is 1. The molecule has 0 atom stereocenters. The van der Waals surface area contributed by atoms with Crippen molar-refractivity contribution < 1.29 is 4.79 Å². The fraction of sp³-hybridized carbons (Fsp3) is 0.421. The molecule has 0 radical (unpaired) electrons. The number of aromatic nitrogens is 2. The molecule has 0 bridgehead atoms. The van der Waals surface area contributed by atoms with Crippen LogP contribution in [0.1, 0.15) is 41.3 Å². The fourth-order valence-electron chi connectivity index (χ4n) is 2.85. The van der Waals surface area contributed by atoms with E-state index in [9.17, 15) is 4.79 Å². The second-order valence-electron chi connectivity index (χ2n) is 6.69. The number of nitrogens with zero attached hydrogens (tertiary/aromatic N) is 3. The molecule has 1 aromatic carbocycles. The molecular weight excluding hydrogens is 300 g/mol. The fourth-order valence-corrected chi connectivity index (χ4v) is 2.85. The Balaban J connectivity index is 1.66. The normalized spacial score (nSPS) is 15.4. The maximum absolute atomic E-state index is 12.5. The lowest BCUT2D eigenvalue weighted by Gasteiger charge is -2.30. The molecule has 2 aromatic rings. The van der Waals surface area contributed by atoms with Crippen LogP contribution in [-0.2, 0) is 0 Å². The van der Waals surface area contributed by atoms with Gasteiger partial charge in [0.25, 0.3) is 5.91 Å². The highest BCUT2D eigenvalue weighted by atomic mass is 16.2. The standard InChI is InChI=1S/C19H24N4O/c1-13-6-8-23(9-7-13)18(24)16-11-20-19(21-12-16)22-17-5-4-14(2)15(3)10-17/h4-5,10-13H,6-9H2,1-3H3,(H,20,21,22). The summed E-state index contributed by atoms with van der Waals surface area (Å²) in [5, 5.41) is 3.18. The third-order valence-corrected chi connectivity index (χ3v) is 4.73. The third kappa shape index (κ3) is 3.72. The number of amides is 1. The molecule has 126 valence electrons. The molecule has 0 spiro atoms.